The van der Waals surface area contributed by atoms with E-state index in [0.29, 0.717) is 28.5 Å². The fraction of sp³-hybridized carbons (Fsp3) is 0.458. The largest absolute Gasteiger partial charge is 0.407 e. The Hall–Kier alpha value is -2.97. The van der Waals surface area contributed by atoms with Crippen molar-refractivity contribution in [3.8, 4) is 17.5 Å². The molecule has 35 heavy (non-hydrogen) atoms. The van der Waals surface area contributed by atoms with E-state index in [2.05, 4.69) is 11.1 Å². The molecule has 0 saturated heterocycles. The highest BCUT2D eigenvalue weighted by Gasteiger charge is 2.65. The van der Waals surface area contributed by atoms with E-state index in [-0.39, 0.29) is 23.8 Å². The number of nitriles is 1. The molecular formula is C24H22F3N5O2S. The lowest BCUT2D eigenvalue weighted by Gasteiger charge is -2.29. The lowest BCUT2D eigenvalue weighted by atomic mass is 9.92. The third-order valence-corrected chi connectivity index (χ3v) is 8.90. The average molecular weight is 502 g/mol. The fourth-order valence-electron chi connectivity index (χ4n) is 4.77. The first-order valence-electron chi connectivity index (χ1n) is 11.6. The highest BCUT2D eigenvalue weighted by atomic mass is 32.2. The van der Waals surface area contributed by atoms with Gasteiger partial charge in [0.15, 0.2) is 0 Å². The van der Waals surface area contributed by atoms with E-state index < -0.39 is 21.7 Å². The molecule has 11 heteroatoms. The van der Waals surface area contributed by atoms with E-state index in [0.717, 1.165) is 49.3 Å². The number of halogens is 3. The molecule has 0 spiro atoms. The van der Waals surface area contributed by atoms with Crippen LogP contribution in [0, 0.1) is 11.3 Å². The fourth-order valence-corrected chi connectivity index (χ4v) is 6.16. The Bertz CT molecular complexity index is 1480. The summed E-state index contributed by atoms with van der Waals surface area (Å²) in [4.78, 5) is 8.65. The molecule has 0 bridgehead atoms. The molecule has 182 valence electrons. The maximum Gasteiger partial charge on any atom is 0.407 e. The number of fused-ring (bicyclic) bond motifs is 1. The van der Waals surface area contributed by atoms with Gasteiger partial charge in [-0.05, 0) is 74.6 Å². The second-order valence-corrected chi connectivity index (χ2v) is 11.5. The van der Waals surface area contributed by atoms with Crippen LogP contribution in [0.1, 0.15) is 68.0 Å². The van der Waals surface area contributed by atoms with E-state index in [4.69, 9.17) is 4.98 Å². The second-order valence-electron chi connectivity index (χ2n) is 9.77. The standard InChI is InChI=1S/C24H22F3N5O2S/c25-24(26,27)23(8-9-23)31-35(33,34)17-6-7-20(29-13-17)21-19(11-28)18-10-15(14-4-5-14)12-30-22(18)32(21)16-2-1-3-16/h6-7,10,12-14,16,31H,1-5,8-9H2. The Morgan fingerprint density at radius 1 is 1.11 bits per heavy atom. The van der Waals surface area contributed by atoms with Gasteiger partial charge in [0.05, 0.1) is 17.0 Å². The molecule has 0 aromatic carbocycles. The van der Waals surface area contributed by atoms with Gasteiger partial charge in [-0.25, -0.2) is 13.4 Å². The Morgan fingerprint density at radius 3 is 2.37 bits per heavy atom. The van der Waals surface area contributed by atoms with Gasteiger partial charge in [-0.1, -0.05) is 0 Å². The molecule has 3 aromatic heterocycles. The Balaban J connectivity index is 1.42. The van der Waals surface area contributed by atoms with Crippen molar-refractivity contribution >= 4 is 21.1 Å². The third-order valence-electron chi connectivity index (χ3n) is 7.38. The monoisotopic (exact) mass is 501 g/mol. The molecular weight excluding hydrogens is 479 g/mol. The van der Waals surface area contributed by atoms with Gasteiger partial charge in [0.2, 0.25) is 10.0 Å². The molecule has 3 fully saturated rings. The molecule has 0 atom stereocenters. The predicted molar refractivity (Wildman–Crippen MR) is 121 cm³/mol. The van der Waals surface area contributed by atoms with Gasteiger partial charge in [0.25, 0.3) is 0 Å². The van der Waals surface area contributed by atoms with Crippen LogP contribution in [-0.2, 0) is 10.0 Å². The molecule has 0 unspecified atom stereocenters. The number of hydrogen-bond acceptors (Lipinski definition) is 5. The van der Waals surface area contributed by atoms with Crippen molar-refractivity contribution in [1.82, 2.24) is 19.3 Å². The van der Waals surface area contributed by atoms with Crippen LogP contribution in [0.4, 0.5) is 13.2 Å². The van der Waals surface area contributed by atoms with Crippen molar-refractivity contribution in [2.24, 2.45) is 0 Å². The van der Waals surface area contributed by atoms with E-state index in [1.54, 1.807) is 0 Å². The maximum atomic E-state index is 13.3. The first kappa shape index (κ1) is 22.5. The summed E-state index contributed by atoms with van der Waals surface area (Å²) >= 11 is 0. The minimum atomic E-state index is -4.66. The highest BCUT2D eigenvalue weighted by molar-refractivity contribution is 7.89. The van der Waals surface area contributed by atoms with Gasteiger partial charge in [-0.2, -0.15) is 23.2 Å². The van der Waals surface area contributed by atoms with Crippen LogP contribution < -0.4 is 4.72 Å². The van der Waals surface area contributed by atoms with Crippen molar-refractivity contribution < 1.29 is 21.6 Å². The number of alkyl halides is 3. The van der Waals surface area contributed by atoms with Crippen molar-refractivity contribution in [3.05, 3.63) is 41.7 Å². The van der Waals surface area contributed by atoms with E-state index in [1.807, 2.05) is 21.6 Å². The summed E-state index contributed by atoms with van der Waals surface area (Å²) in [6.45, 7) is 0. The quantitative estimate of drug-likeness (QED) is 0.515. The van der Waals surface area contributed by atoms with Crippen LogP contribution in [0.2, 0.25) is 0 Å². The van der Waals surface area contributed by atoms with Gasteiger partial charge in [0.1, 0.15) is 22.2 Å². The van der Waals surface area contributed by atoms with Gasteiger partial charge in [-0.3, -0.25) is 4.98 Å². The SMILES string of the molecule is N#Cc1c(-c2ccc(S(=O)(=O)NC3(C(F)(F)F)CC3)cn2)n(C2CCC2)c2ncc(C3CC3)cc12. The lowest BCUT2D eigenvalue weighted by Crippen LogP contribution is -2.47. The van der Waals surface area contributed by atoms with Crippen LogP contribution in [0.3, 0.4) is 0 Å². The maximum absolute atomic E-state index is 13.3. The molecule has 3 heterocycles. The van der Waals surface area contributed by atoms with E-state index >= 15 is 0 Å². The normalized spacial score (nSPS) is 19.9. The van der Waals surface area contributed by atoms with Gasteiger partial charge in [-0.15, -0.1) is 0 Å². The molecule has 0 amide bonds. The van der Waals surface area contributed by atoms with Crippen LogP contribution in [0.25, 0.3) is 22.4 Å². The summed E-state index contributed by atoms with van der Waals surface area (Å²) in [7, 11) is -4.42. The molecule has 7 nitrogen and oxygen atoms in total. The van der Waals surface area contributed by atoms with Crippen LogP contribution in [0.5, 0.6) is 0 Å². The summed E-state index contributed by atoms with van der Waals surface area (Å²) in [6, 6.07) is 7.16. The lowest BCUT2D eigenvalue weighted by molar-refractivity contribution is -0.160. The molecule has 0 radical (unpaired) electrons. The predicted octanol–water partition coefficient (Wildman–Crippen LogP) is 4.95. The number of pyridine rings is 2. The number of nitrogens with one attached hydrogen (secondary N) is 1. The zero-order chi connectivity index (χ0) is 24.6. The van der Waals surface area contributed by atoms with Crippen molar-refractivity contribution in [3.63, 3.8) is 0 Å². The summed E-state index contributed by atoms with van der Waals surface area (Å²) in [5.41, 5.74) is 0.781. The van der Waals surface area contributed by atoms with Gasteiger partial charge in [0, 0.05) is 23.8 Å². The Kier molecular flexibility index (Phi) is 4.83. The number of rotatable bonds is 6. The summed E-state index contributed by atoms with van der Waals surface area (Å²) in [6.07, 6.45) is 2.81. The average Bonchev–Trinajstić information content (AvgIpc) is 3.70. The molecule has 3 aliphatic carbocycles. The second kappa shape index (κ2) is 7.51. The highest BCUT2D eigenvalue weighted by Crippen LogP contribution is 2.50. The van der Waals surface area contributed by atoms with Crippen molar-refractivity contribution in [2.45, 2.75) is 73.5 Å². The van der Waals surface area contributed by atoms with E-state index in [9.17, 15) is 26.9 Å². The minimum absolute atomic E-state index is 0.155. The van der Waals surface area contributed by atoms with Crippen molar-refractivity contribution in [1.29, 1.82) is 5.26 Å². The van der Waals surface area contributed by atoms with Gasteiger partial charge < -0.3 is 4.57 Å². The minimum Gasteiger partial charge on any atom is -0.320 e. The molecule has 6 rings (SSSR count). The Labute approximate surface area is 200 Å². The number of hydrogen-bond donors (Lipinski definition) is 1. The molecule has 3 aromatic rings. The van der Waals surface area contributed by atoms with Crippen molar-refractivity contribution in [2.75, 3.05) is 0 Å². The zero-order valence-electron chi connectivity index (χ0n) is 18.6. The smallest absolute Gasteiger partial charge is 0.320 e. The molecule has 3 aliphatic rings. The van der Waals surface area contributed by atoms with Crippen LogP contribution in [0.15, 0.2) is 35.5 Å². The first-order valence-corrected chi connectivity index (χ1v) is 13.1. The van der Waals surface area contributed by atoms with Gasteiger partial charge >= 0.3 is 6.18 Å². The van der Waals surface area contributed by atoms with Crippen LogP contribution in [-0.4, -0.2) is 34.7 Å². The topological polar surface area (TPSA) is 101 Å². The first-order chi connectivity index (χ1) is 16.6. The van der Waals surface area contributed by atoms with E-state index in [1.165, 1.54) is 12.1 Å². The molecule has 1 N–H and O–H groups in total. The molecule has 0 aliphatic heterocycles. The van der Waals surface area contributed by atoms with Crippen LogP contribution >= 0.6 is 0 Å². The number of sulfonamides is 1. The number of nitrogens with zero attached hydrogens (tertiary/aromatic N) is 4. The summed E-state index contributed by atoms with van der Waals surface area (Å²) in [5, 5.41) is 10.8. The summed E-state index contributed by atoms with van der Waals surface area (Å²) in [5.74, 6) is 0.468. The zero-order valence-corrected chi connectivity index (χ0v) is 19.5. The Morgan fingerprint density at radius 2 is 1.86 bits per heavy atom. The summed E-state index contributed by atoms with van der Waals surface area (Å²) < 4.78 is 69.0. The molecule has 3 saturated carbocycles. The third kappa shape index (κ3) is 3.62. The number of aromatic nitrogens is 3.